The van der Waals surface area contributed by atoms with Gasteiger partial charge in [0.1, 0.15) is 0 Å². The molecule has 2 aliphatic heterocycles. The fraction of sp³-hybridized carbons (Fsp3) is 0.471. The number of halogens is 1. The summed E-state index contributed by atoms with van der Waals surface area (Å²) in [7, 11) is 0. The van der Waals surface area contributed by atoms with Crippen molar-refractivity contribution in [3.05, 3.63) is 36.2 Å². The fourth-order valence-electron chi connectivity index (χ4n) is 3.52. The quantitative estimate of drug-likeness (QED) is 0.883. The zero-order valence-corrected chi connectivity index (χ0v) is 14.3. The minimum Gasteiger partial charge on any atom is -0.336 e. The van der Waals surface area contributed by atoms with Crippen molar-refractivity contribution in [3.8, 4) is 0 Å². The second-order valence-corrected chi connectivity index (χ2v) is 6.23. The lowest BCUT2D eigenvalue weighted by molar-refractivity contribution is 0.0584. The summed E-state index contributed by atoms with van der Waals surface area (Å²) in [6, 6.07) is 6.21. The molecule has 128 valence electrons. The van der Waals surface area contributed by atoms with E-state index in [4.69, 9.17) is 0 Å². The van der Waals surface area contributed by atoms with Crippen molar-refractivity contribution in [3.63, 3.8) is 0 Å². The molecule has 2 fully saturated rings. The molecular formula is C17H22ClN5O. The van der Waals surface area contributed by atoms with E-state index in [0.29, 0.717) is 11.6 Å². The first kappa shape index (κ1) is 17.1. The van der Waals surface area contributed by atoms with Gasteiger partial charge in [0, 0.05) is 56.7 Å². The molecule has 0 radical (unpaired) electrons. The van der Waals surface area contributed by atoms with Gasteiger partial charge in [-0.2, -0.15) is 0 Å². The molecule has 2 saturated heterocycles. The van der Waals surface area contributed by atoms with Crippen molar-refractivity contribution in [2.24, 2.45) is 0 Å². The monoisotopic (exact) mass is 347 g/mol. The van der Waals surface area contributed by atoms with Crippen LogP contribution in [-0.4, -0.2) is 71.0 Å². The number of nitrogens with one attached hydrogen (secondary N) is 1. The van der Waals surface area contributed by atoms with Crippen LogP contribution in [0.4, 0.5) is 0 Å². The molecule has 0 bridgehead atoms. The first-order valence-corrected chi connectivity index (χ1v) is 8.26. The van der Waals surface area contributed by atoms with Gasteiger partial charge in [0.15, 0.2) is 0 Å². The lowest BCUT2D eigenvalue weighted by Gasteiger charge is -2.37. The third-order valence-corrected chi connectivity index (χ3v) is 4.87. The zero-order chi connectivity index (χ0) is 15.6. The van der Waals surface area contributed by atoms with Gasteiger partial charge in [-0.1, -0.05) is 0 Å². The second kappa shape index (κ2) is 7.42. The van der Waals surface area contributed by atoms with Crippen LogP contribution in [0, 0.1) is 0 Å². The molecule has 2 aromatic rings. The fourth-order valence-corrected chi connectivity index (χ4v) is 3.52. The third-order valence-electron chi connectivity index (χ3n) is 4.87. The highest BCUT2D eigenvalue weighted by Crippen LogP contribution is 2.16. The molecule has 6 nitrogen and oxygen atoms in total. The van der Waals surface area contributed by atoms with E-state index >= 15 is 0 Å². The molecule has 4 rings (SSSR count). The van der Waals surface area contributed by atoms with Crippen molar-refractivity contribution < 1.29 is 4.79 Å². The first-order chi connectivity index (χ1) is 11.3. The lowest BCUT2D eigenvalue weighted by atomic mass is 10.1. The van der Waals surface area contributed by atoms with Gasteiger partial charge in [0.25, 0.3) is 5.91 Å². The molecule has 24 heavy (non-hydrogen) atoms. The summed E-state index contributed by atoms with van der Waals surface area (Å²) in [5.74, 6) is 0.0988. The third kappa shape index (κ3) is 3.36. The van der Waals surface area contributed by atoms with Gasteiger partial charge in [-0.05, 0) is 31.2 Å². The van der Waals surface area contributed by atoms with Crippen molar-refractivity contribution in [2.75, 3.05) is 39.3 Å². The van der Waals surface area contributed by atoms with E-state index in [-0.39, 0.29) is 18.3 Å². The summed E-state index contributed by atoms with van der Waals surface area (Å²) >= 11 is 0. The Morgan fingerprint density at radius 1 is 1.08 bits per heavy atom. The number of carbonyl (C=O) groups is 1. The lowest BCUT2D eigenvalue weighted by Crippen LogP contribution is -2.52. The summed E-state index contributed by atoms with van der Waals surface area (Å²) in [4.78, 5) is 25.7. The molecular weight excluding hydrogens is 326 g/mol. The number of hydrogen-bond donors (Lipinski definition) is 1. The number of benzene rings is 1. The van der Waals surface area contributed by atoms with E-state index in [1.165, 1.54) is 6.42 Å². The van der Waals surface area contributed by atoms with E-state index in [0.717, 1.165) is 50.3 Å². The van der Waals surface area contributed by atoms with Crippen LogP contribution < -0.4 is 5.32 Å². The van der Waals surface area contributed by atoms with Crippen molar-refractivity contribution in [1.29, 1.82) is 0 Å². The maximum Gasteiger partial charge on any atom is 0.254 e. The topological polar surface area (TPSA) is 61.4 Å². The van der Waals surface area contributed by atoms with Gasteiger partial charge in [-0.25, -0.2) is 0 Å². The van der Waals surface area contributed by atoms with Crippen LogP contribution in [0.2, 0.25) is 0 Å². The second-order valence-electron chi connectivity index (χ2n) is 6.23. The number of nitrogens with zero attached hydrogens (tertiary/aromatic N) is 4. The molecule has 3 heterocycles. The molecule has 1 unspecified atom stereocenters. The maximum absolute atomic E-state index is 12.7. The van der Waals surface area contributed by atoms with Crippen LogP contribution in [0.3, 0.4) is 0 Å². The van der Waals surface area contributed by atoms with Crippen LogP contribution >= 0.6 is 12.4 Å². The zero-order valence-electron chi connectivity index (χ0n) is 13.5. The Morgan fingerprint density at radius 2 is 1.83 bits per heavy atom. The number of amides is 1. The Morgan fingerprint density at radius 3 is 2.54 bits per heavy atom. The first-order valence-electron chi connectivity index (χ1n) is 8.26. The van der Waals surface area contributed by atoms with Crippen molar-refractivity contribution >= 4 is 29.3 Å². The summed E-state index contributed by atoms with van der Waals surface area (Å²) in [5.41, 5.74) is 2.30. The van der Waals surface area contributed by atoms with E-state index in [9.17, 15) is 4.79 Å². The van der Waals surface area contributed by atoms with Crippen molar-refractivity contribution in [1.82, 2.24) is 25.1 Å². The van der Waals surface area contributed by atoms with E-state index in [2.05, 4.69) is 20.2 Å². The Kier molecular flexibility index (Phi) is 5.28. The molecule has 1 aromatic carbocycles. The Hall–Kier alpha value is -1.76. The minimum atomic E-state index is 0. The number of piperazine rings is 1. The number of fused-ring (bicyclic) bond motifs is 1. The number of rotatable bonds is 2. The van der Waals surface area contributed by atoms with Crippen LogP contribution in [0.1, 0.15) is 16.8 Å². The molecule has 0 aliphatic carbocycles. The molecule has 1 aromatic heterocycles. The van der Waals surface area contributed by atoms with Gasteiger partial charge in [-0.3, -0.25) is 19.7 Å². The van der Waals surface area contributed by atoms with Crippen LogP contribution in [0.15, 0.2) is 30.6 Å². The molecule has 0 saturated carbocycles. The highest BCUT2D eigenvalue weighted by Gasteiger charge is 2.28. The Balaban J connectivity index is 0.00000169. The smallest absolute Gasteiger partial charge is 0.254 e. The average molecular weight is 348 g/mol. The highest BCUT2D eigenvalue weighted by atomic mass is 35.5. The van der Waals surface area contributed by atoms with E-state index in [1.807, 2.05) is 23.1 Å². The van der Waals surface area contributed by atoms with Gasteiger partial charge >= 0.3 is 0 Å². The van der Waals surface area contributed by atoms with Gasteiger partial charge in [0.2, 0.25) is 0 Å². The van der Waals surface area contributed by atoms with Gasteiger partial charge in [-0.15, -0.1) is 12.4 Å². The molecule has 1 atom stereocenters. The SMILES string of the molecule is Cl.O=C(c1ccc2nccnc2c1)N1CCN(C2CCNC2)CC1. The van der Waals surface area contributed by atoms with Crippen LogP contribution in [0.5, 0.6) is 0 Å². The van der Waals surface area contributed by atoms with Crippen LogP contribution in [0.25, 0.3) is 11.0 Å². The molecule has 0 spiro atoms. The van der Waals surface area contributed by atoms with Crippen LogP contribution in [-0.2, 0) is 0 Å². The van der Waals surface area contributed by atoms with Gasteiger partial charge < -0.3 is 10.2 Å². The Labute approximate surface area is 147 Å². The standard InChI is InChI=1S/C17H21N5O.ClH/c23-17(13-1-2-15-16(11-13)20-6-5-19-15)22-9-7-21(8-10-22)14-3-4-18-12-14;/h1-2,5-6,11,14,18H,3-4,7-10,12H2;1H. The largest absolute Gasteiger partial charge is 0.336 e. The van der Waals surface area contributed by atoms with E-state index < -0.39 is 0 Å². The molecule has 2 aliphatic rings. The summed E-state index contributed by atoms with van der Waals surface area (Å²) in [5, 5.41) is 3.41. The molecule has 1 N–H and O–H groups in total. The molecule has 7 heteroatoms. The number of aromatic nitrogens is 2. The predicted molar refractivity (Wildman–Crippen MR) is 95.5 cm³/mol. The molecule has 1 amide bonds. The minimum absolute atomic E-state index is 0. The number of hydrogen-bond acceptors (Lipinski definition) is 5. The maximum atomic E-state index is 12.7. The highest BCUT2D eigenvalue weighted by molar-refractivity contribution is 5.97. The Bertz CT molecular complexity index is 711. The predicted octanol–water partition coefficient (Wildman–Crippen LogP) is 1.17. The summed E-state index contributed by atoms with van der Waals surface area (Å²) in [6.45, 7) is 5.72. The van der Waals surface area contributed by atoms with Gasteiger partial charge in [0.05, 0.1) is 11.0 Å². The average Bonchev–Trinajstić information content (AvgIpc) is 3.15. The van der Waals surface area contributed by atoms with Crippen molar-refractivity contribution in [2.45, 2.75) is 12.5 Å². The normalized spacial score (nSPS) is 21.7. The summed E-state index contributed by atoms with van der Waals surface area (Å²) in [6.07, 6.45) is 4.54. The summed E-state index contributed by atoms with van der Waals surface area (Å²) < 4.78 is 0. The van der Waals surface area contributed by atoms with E-state index in [1.54, 1.807) is 12.4 Å². The number of carbonyl (C=O) groups excluding carboxylic acids is 1.